The maximum atomic E-state index is 12.5. The van der Waals surface area contributed by atoms with Gasteiger partial charge in [-0.1, -0.05) is 0 Å². The van der Waals surface area contributed by atoms with Gasteiger partial charge in [-0.2, -0.15) is 0 Å². The Balaban J connectivity index is 1.70. The van der Waals surface area contributed by atoms with Crippen molar-refractivity contribution < 1.29 is 19.1 Å². The molecule has 2 saturated heterocycles. The average Bonchev–Trinajstić information content (AvgIpc) is 2.94. The highest BCUT2D eigenvalue weighted by atomic mass is 16.5. The molecule has 21 heavy (non-hydrogen) atoms. The lowest BCUT2D eigenvalue weighted by molar-refractivity contribution is -0.141. The van der Waals surface area contributed by atoms with Crippen LogP contribution < -0.4 is 10.1 Å². The van der Waals surface area contributed by atoms with Crippen LogP contribution in [0.15, 0.2) is 18.3 Å². The van der Waals surface area contributed by atoms with Crippen molar-refractivity contribution in [2.24, 2.45) is 0 Å². The van der Waals surface area contributed by atoms with Gasteiger partial charge in [0.2, 0.25) is 5.91 Å². The summed E-state index contributed by atoms with van der Waals surface area (Å²) < 4.78 is 10.8. The molecular formula is C14H17N3O4. The second kappa shape index (κ2) is 5.33. The molecule has 1 aromatic heterocycles. The lowest BCUT2D eigenvalue weighted by Crippen LogP contribution is -2.54. The highest BCUT2D eigenvalue weighted by molar-refractivity contribution is 5.93. The molecule has 0 bridgehead atoms. The van der Waals surface area contributed by atoms with Crippen molar-refractivity contribution in [3.05, 3.63) is 24.0 Å². The second-order valence-corrected chi connectivity index (χ2v) is 5.31. The Hall–Kier alpha value is -2.15. The van der Waals surface area contributed by atoms with E-state index in [1.165, 1.54) is 0 Å². The molecule has 2 fully saturated rings. The van der Waals surface area contributed by atoms with Crippen molar-refractivity contribution in [1.82, 2.24) is 15.2 Å². The lowest BCUT2D eigenvalue weighted by atomic mass is 10.0. The van der Waals surface area contributed by atoms with Gasteiger partial charge in [0.1, 0.15) is 23.7 Å². The number of likely N-dealkylation sites (tertiary alicyclic amines) is 1. The van der Waals surface area contributed by atoms with E-state index in [9.17, 15) is 9.59 Å². The lowest BCUT2D eigenvalue weighted by Gasteiger charge is -2.33. The first-order valence-corrected chi connectivity index (χ1v) is 6.82. The quantitative estimate of drug-likeness (QED) is 0.817. The molecule has 1 aromatic rings. The third-order valence-electron chi connectivity index (χ3n) is 3.91. The van der Waals surface area contributed by atoms with E-state index >= 15 is 0 Å². The molecule has 2 amide bonds. The van der Waals surface area contributed by atoms with Gasteiger partial charge in [-0.05, 0) is 12.5 Å². The second-order valence-electron chi connectivity index (χ2n) is 5.31. The van der Waals surface area contributed by atoms with Crippen LogP contribution >= 0.6 is 0 Å². The van der Waals surface area contributed by atoms with E-state index in [2.05, 4.69) is 10.3 Å². The van der Waals surface area contributed by atoms with Gasteiger partial charge in [0.25, 0.3) is 5.91 Å². The zero-order chi connectivity index (χ0) is 14.9. The molecule has 112 valence electrons. The highest BCUT2D eigenvalue weighted by Crippen LogP contribution is 2.28. The first-order chi connectivity index (χ1) is 10.1. The number of methoxy groups -OCH3 is 1. The van der Waals surface area contributed by atoms with Crippen LogP contribution in [0.3, 0.4) is 0 Å². The Morgan fingerprint density at radius 1 is 1.57 bits per heavy atom. The van der Waals surface area contributed by atoms with Crippen molar-refractivity contribution in [3.63, 3.8) is 0 Å². The van der Waals surface area contributed by atoms with E-state index in [-0.39, 0.29) is 18.4 Å². The molecular weight excluding hydrogens is 274 g/mol. The summed E-state index contributed by atoms with van der Waals surface area (Å²) >= 11 is 0. The number of rotatable bonds is 2. The molecule has 1 unspecified atom stereocenters. The van der Waals surface area contributed by atoms with Gasteiger partial charge in [-0.15, -0.1) is 0 Å². The fourth-order valence-electron chi connectivity index (χ4n) is 2.68. The van der Waals surface area contributed by atoms with Crippen LogP contribution in [-0.4, -0.2) is 60.7 Å². The summed E-state index contributed by atoms with van der Waals surface area (Å²) in [6.45, 7) is 1.55. The van der Waals surface area contributed by atoms with Crippen LogP contribution in [0.2, 0.25) is 0 Å². The van der Waals surface area contributed by atoms with Gasteiger partial charge in [-0.25, -0.2) is 0 Å². The summed E-state index contributed by atoms with van der Waals surface area (Å²) in [5.74, 6) is 0.342. The predicted octanol–water partition coefficient (Wildman–Crippen LogP) is -0.179. The van der Waals surface area contributed by atoms with Crippen LogP contribution in [0.4, 0.5) is 0 Å². The molecule has 0 saturated carbocycles. The van der Waals surface area contributed by atoms with Crippen molar-refractivity contribution in [2.75, 3.05) is 33.4 Å². The number of aromatic nitrogens is 1. The minimum Gasteiger partial charge on any atom is -0.497 e. The number of amides is 2. The molecule has 2 aliphatic heterocycles. The van der Waals surface area contributed by atoms with E-state index in [1.54, 1.807) is 30.3 Å². The van der Waals surface area contributed by atoms with Crippen molar-refractivity contribution in [1.29, 1.82) is 0 Å². The first-order valence-electron chi connectivity index (χ1n) is 6.82. The van der Waals surface area contributed by atoms with Gasteiger partial charge < -0.3 is 19.7 Å². The summed E-state index contributed by atoms with van der Waals surface area (Å²) in [7, 11) is 1.55. The van der Waals surface area contributed by atoms with Crippen molar-refractivity contribution in [3.8, 4) is 5.75 Å². The van der Waals surface area contributed by atoms with Crippen molar-refractivity contribution in [2.45, 2.75) is 12.0 Å². The smallest absolute Gasteiger partial charge is 0.272 e. The molecule has 0 aromatic carbocycles. The van der Waals surface area contributed by atoms with Crippen molar-refractivity contribution >= 4 is 11.8 Å². The topological polar surface area (TPSA) is 80.8 Å². The number of ether oxygens (including phenoxy) is 2. The fourth-order valence-corrected chi connectivity index (χ4v) is 2.68. The SMILES string of the molecule is COc1ccnc(C(=O)N2CCC3(CNC(=O)CO3)C2)c1. The summed E-state index contributed by atoms with van der Waals surface area (Å²) in [5.41, 5.74) is -0.103. The monoisotopic (exact) mass is 291 g/mol. The Kier molecular flexibility index (Phi) is 3.50. The molecule has 1 atom stereocenters. The molecule has 0 radical (unpaired) electrons. The fraction of sp³-hybridized carbons (Fsp3) is 0.500. The van der Waals surface area contributed by atoms with Gasteiger partial charge in [-0.3, -0.25) is 14.6 Å². The van der Waals surface area contributed by atoms with Crippen LogP contribution in [0, 0.1) is 0 Å². The normalized spacial score (nSPS) is 25.0. The van der Waals surface area contributed by atoms with Gasteiger partial charge in [0.15, 0.2) is 0 Å². The van der Waals surface area contributed by atoms with E-state index in [0.717, 1.165) is 0 Å². The molecule has 7 heteroatoms. The molecule has 1 spiro atoms. The number of pyridine rings is 1. The highest BCUT2D eigenvalue weighted by Gasteiger charge is 2.44. The molecule has 0 aliphatic carbocycles. The number of nitrogens with one attached hydrogen (secondary N) is 1. The Morgan fingerprint density at radius 2 is 2.43 bits per heavy atom. The molecule has 3 rings (SSSR count). The zero-order valence-electron chi connectivity index (χ0n) is 11.8. The third-order valence-corrected chi connectivity index (χ3v) is 3.91. The van der Waals surface area contributed by atoms with Crippen LogP contribution in [-0.2, 0) is 9.53 Å². The Labute approximate surface area is 122 Å². The van der Waals surface area contributed by atoms with E-state index in [4.69, 9.17) is 9.47 Å². The van der Waals surface area contributed by atoms with Gasteiger partial charge in [0, 0.05) is 25.4 Å². The average molecular weight is 291 g/mol. The minimum atomic E-state index is -0.456. The van der Waals surface area contributed by atoms with Crippen LogP contribution in [0.5, 0.6) is 5.75 Å². The maximum Gasteiger partial charge on any atom is 0.272 e. The number of hydrogen-bond acceptors (Lipinski definition) is 5. The molecule has 7 nitrogen and oxygen atoms in total. The number of carbonyl (C=O) groups is 2. The summed E-state index contributed by atoms with van der Waals surface area (Å²) in [6.07, 6.45) is 2.26. The van der Waals surface area contributed by atoms with E-state index in [0.29, 0.717) is 37.5 Å². The third kappa shape index (κ3) is 2.69. The molecule has 3 heterocycles. The zero-order valence-corrected chi connectivity index (χ0v) is 11.8. The maximum absolute atomic E-state index is 12.5. The van der Waals surface area contributed by atoms with Gasteiger partial charge >= 0.3 is 0 Å². The molecule has 1 N–H and O–H groups in total. The summed E-state index contributed by atoms with van der Waals surface area (Å²) in [4.78, 5) is 29.4. The number of morpholine rings is 1. The Bertz CT molecular complexity index is 565. The Morgan fingerprint density at radius 3 is 3.14 bits per heavy atom. The largest absolute Gasteiger partial charge is 0.497 e. The van der Waals surface area contributed by atoms with Crippen LogP contribution in [0.25, 0.3) is 0 Å². The minimum absolute atomic E-state index is 0.0550. The number of carbonyl (C=O) groups excluding carboxylic acids is 2. The van der Waals surface area contributed by atoms with E-state index in [1.807, 2.05) is 0 Å². The predicted molar refractivity (Wildman–Crippen MR) is 73.0 cm³/mol. The van der Waals surface area contributed by atoms with Crippen LogP contribution in [0.1, 0.15) is 16.9 Å². The number of nitrogens with zero attached hydrogens (tertiary/aromatic N) is 2. The summed E-state index contributed by atoms with van der Waals surface area (Å²) in [6, 6.07) is 3.32. The number of hydrogen-bond donors (Lipinski definition) is 1. The standard InChI is InChI=1S/C14H17N3O4/c1-20-10-2-4-15-11(6-10)13(19)17-5-3-14(9-17)8-16-12(18)7-21-14/h2,4,6H,3,5,7-9H2,1H3,(H,16,18). The van der Waals surface area contributed by atoms with Gasteiger partial charge in [0.05, 0.1) is 13.7 Å². The van der Waals surface area contributed by atoms with E-state index < -0.39 is 5.60 Å². The first kappa shape index (κ1) is 13.8. The molecule has 2 aliphatic rings. The summed E-state index contributed by atoms with van der Waals surface area (Å²) in [5, 5.41) is 2.79.